The van der Waals surface area contributed by atoms with E-state index in [0.29, 0.717) is 0 Å². The molecule has 0 amide bonds. The van der Waals surface area contributed by atoms with Crippen LogP contribution in [0.25, 0.3) is 0 Å². The molecule has 3 atom stereocenters. The van der Waals surface area contributed by atoms with E-state index in [2.05, 4.69) is 25.9 Å². The molecule has 1 N–H and O–H groups in total. The lowest BCUT2D eigenvalue weighted by molar-refractivity contribution is 0.341. The lowest BCUT2D eigenvalue weighted by Crippen LogP contribution is -2.32. The first-order valence-electron chi connectivity index (χ1n) is 7.06. The Morgan fingerprint density at radius 3 is 2.69 bits per heavy atom. The molecule has 0 heterocycles. The van der Waals surface area contributed by atoms with Crippen molar-refractivity contribution >= 4 is 0 Å². The van der Waals surface area contributed by atoms with Crippen LogP contribution in [0.2, 0.25) is 0 Å². The Hall–Kier alpha value is -0.300. The molecular formula is C15H29N. The maximum Gasteiger partial charge on any atom is 0.00924 e. The van der Waals surface area contributed by atoms with Crippen LogP contribution in [0.1, 0.15) is 58.3 Å². The van der Waals surface area contributed by atoms with Crippen molar-refractivity contribution in [2.45, 2.75) is 64.3 Å². The molecule has 1 aliphatic rings. The minimum Gasteiger partial charge on any atom is -0.317 e. The average molecular weight is 223 g/mol. The second kappa shape index (κ2) is 7.89. The van der Waals surface area contributed by atoms with Crippen LogP contribution >= 0.6 is 0 Å². The fourth-order valence-electron chi connectivity index (χ4n) is 3.06. The van der Waals surface area contributed by atoms with Gasteiger partial charge in [-0.2, -0.15) is 0 Å². The number of unbranched alkanes of at least 4 members (excludes halogenated alkanes) is 3. The van der Waals surface area contributed by atoms with E-state index in [1.165, 1.54) is 51.4 Å². The Labute approximate surface area is 102 Å². The molecule has 1 nitrogen and oxygen atoms in total. The van der Waals surface area contributed by atoms with Crippen LogP contribution in [0, 0.1) is 11.8 Å². The lowest BCUT2D eigenvalue weighted by Gasteiger charge is -2.23. The molecule has 94 valence electrons. The highest BCUT2D eigenvalue weighted by Gasteiger charge is 2.27. The molecule has 1 rings (SSSR count). The van der Waals surface area contributed by atoms with Gasteiger partial charge in [-0.25, -0.2) is 0 Å². The first-order chi connectivity index (χ1) is 7.77. The van der Waals surface area contributed by atoms with E-state index in [0.717, 1.165) is 17.9 Å². The molecule has 0 aliphatic heterocycles. The Morgan fingerprint density at radius 1 is 1.31 bits per heavy atom. The Bertz CT molecular complexity index is 188. The number of allylic oxidation sites excluding steroid dienone is 1. The quantitative estimate of drug-likeness (QED) is 0.481. The number of hydrogen-bond donors (Lipinski definition) is 1. The standard InChI is InChI=1S/C15H29N/c1-4-5-6-7-8-9-15(16-3)14-11-10-13(2)12-14/h4,13-16H,1,5-12H2,2-3H3. The van der Waals surface area contributed by atoms with E-state index in [4.69, 9.17) is 0 Å². The van der Waals surface area contributed by atoms with Gasteiger partial charge in [0.1, 0.15) is 0 Å². The molecule has 1 saturated carbocycles. The molecule has 3 unspecified atom stereocenters. The summed E-state index contributed by atoms with van der Waals surface area (Å²) in [5, 5.41) is 3.54. The van der Waals surface area contributed by atoms with Gasteiger partial charge in [0, 0.05) is 6.04 Å². The van der Waals surface area contributed by atoms with Crippen LogP contribution in [0.15, 0.2) is 12.7 Å². The van der Waals surface area contributed by atoms with Crippen molar-refractivity contribution in [3.63, 3.8) is 0 Å². The summed E-state index contributed by atoms with van der Waals surface area (Å²) in [4.78, 5) is 0. The number of nitrogens with one attached hydrogen (secondary N) is 1. The monoisotopic (exact) mass is 223 g/mol. The first-order valence-corrected chi connectivity index (χ1v) is 7.06. The fourth-order valence-corrected chi connectivity index (χ4v) is 3.06. The van der Waals surface area contributed by atoms with Gasteiger partial charge in [-0.1, -0.05) is 32.3 Å². The minimum atomic E-state index is 0.772. The van der Waals surface area contributed by atoms with E-state index < -0.39 is 0 Å². The van der Waals surface area contributed by atoms with Gasteiger partial charge >= 0.3 is 0 Å². The van der Waals surface area contributed by atoms with Crippen LogP contribution in [0.3, 0.4) is 0 Å². The maximum atomic E-state index is 3.77. The summed E-state index contributed by atoms with van der Waals surface area (Å²) in [5.41, 5.74) is 0. The average Bonchev–Trinajstić information content (AvgIpc) is 2.70. The highest BCUT2D eigenvalue weighted by Crippen LogP contribution is 2.34. The van der Waals surface area contributed by atoms with Crippen molar-refractivity contribution in [1.82, 2.24) is 5.32 Å². The highest BCUT2D eigenvalue weighted by atomic mass is 14.9. The molecule has 0 bridgehead atoms. The van der Waals surface area contributed by atoms with E-state index in [-0.39, 0.29) is 0 Å². The van der Waals surface area contributed by atoms with Crippen molar-refractivity contribution in [2.24, 2.45) is 11.8 Å². The first kappa shape index (κ1) is 13.8. The third kappa shape index (κ3) is 4.69. The molecule has 0 aromatic rings. The van der Waals surface area contributed by atoms with Gasteiger partial charge in [-0.05, 0) is 51.0 Å². The number of hydrogen-bond acceptors (Lipinski definition) is 1. The van der Waals surface area contributed by atoms with Gasteiger partial charge in [0.15, 0.2) is 0 Å². The highest BCUT2D eigenvalue weighted by molar-refractivity contribution is 4.82. The van der Waals surface area contributed by atoms with Crippen LogP contribution in [0.5, 0.6) is 0 Å². The molecule has 0 spiro atoms. The molecule has 0 aromatic carbocycles. The van der Waals surface area contributed by atoms with Gasteiger partial charge in [0.05, 0.1) is 0 Å². The third-order valence-corrected chi connectivity index (χ3v) is 4.10. The van der Waals surface area contributed by atoms with Crippen molar-refractivity contribution in [3.05, 3.63) is 12.7 Å². The van der Waals surface area contributed by atoms with Gasteiger partial charge in [-0.3, -0.25) is 0 Å². The molecule has 0 aromatic heterocycles. The lowest BCUT2D eigenvalue weighted by atomic mass is 9.92. The summed E-state index contributed by atoms with van der Waals surface area (Å²) < 4.78 is 0. The van der Waals surface area contributed by atoms with Crippen molar-refractivity contribution in [3.8, 4) is 0 Å². The van der Waals surface area contributed by atoms with Gasteiger partial charge in [0.25, 0.3) is 0 Å². The smallest absolute Gasteiger partial charge is 0.00924 e. The predicted octanol–water partition coefficient (Wildman–Crippen LogP) is 4.15. The van der Waals surface area contributed by atoms with Crippen molar-refractivity contribution in [1.29, 1.82) is 0 Å². The van der Waals surface area contributed by atoms with Gasteiger partial charge < -0.3 is 5.32 Å². The zero-order valence-corrected chi connectivity index (χ0v) is 11.2. The van der Waals surface area contributed by atoms with Crippen molar-refractivity contribution in [2.75, 3.05) is 7.05 Å². The largest absolute Gasteiger partial charge is 0.317 e. The molecule has 1 aliphatic carbocycles. The minimum absolute atomic E-state index is 0.772. The maximum absolute atomic E-state index is 3.77. The second-order valence-corrected chi connectivity index (χ2v) is 5.50. The zero-order valence-electron chi connectivity index (χ0n) is 11.2. The summed E-state index contributed by atoms with van der Waals surface area (Å²) in [6.07, 6.45) is 13.0. The van der Waals surface area contributed by atoms with E-state index in [9.17, 15) is 0 Å². The number of rotatable bonds is 8. The second-order valence-electron chi connectivity index (χ2n) is 5.50. The SMILES string of the molecule is C=CCCCCCC(NC)C1CCC(C)C1. The summed E-state index contributed by atoms with van der Waals surface area (Å²) in [7, 11) is 2.14. The van der Waals surface area contributed by atoms with Gasteiger partial charge in [-0.15, -0.1) is 6.58 Å². The molecule has 16 heavy (non-hydrogen) atoms. The summed E-state index contributed by atoms with van der Waals surface area (Å²) >= 11 is 0. The topological polar surface area (TPSA) is 12.0 Å². The van der Waals surface area contributed by atoms with E-state index in [1.807, 2.05) is 6.08 Å². The van der Waals surface area contributed by atoms with E-state index in [1.54, 1.807) is 0 Å². The predicted molar refractivity (Wildman–Crippen MR) is 72.6 cm³/mol. The summed E-state index contributed by atoms with van der Waals surface area (Å²) in [6.45, 7) is 6.17. The third-order valence-electron chi connectivity index (χ3n) is 4.10. The summed E-state index contributed by atoms with van der Waals surface area (Å²) in [5.74, 6) is 1.90. The van der Waals surface area contributed by atoms with Crippen LogP contribution in [-0.2, 0) is 0 Å². The molecular weight excluding hydrogens is 194 g/mol. The molecule has 1 fully saturated rings. The van der Waals surface area contributed by atoms with Crippen LogP contribution in [-0.4, -0.2) is 13.1 Å². The van der Waals surface area contributed by atoms with Crippen LogP contribution < -0.4 is 5.32 Å². The van der Waals surface area contributed by atoms with E-state index >= 15 is 0 Å². The van der Waals surface area contributed by atoms with Crippen LogP contribution in [0.4, 0.5) is 0 Å². The van der Waals surface area contributed by atoms with Crippen molar-refractivity contribution < 1.29 is 0 Å². The Kier molecular flexibility index (Phi) is 6.79. The molecule has 0 radical (unpaired) electrons. The molecule has 1 heteroatoms. The molecule has 0 saturated heterocycles. The summed E-state index contributed by atoms with van der Waals surface area (Å²) in [6, 6.07) is 0.772. The zero-order chi connectivity index (χ0) is 11.8. The Balaban J connectivity index is 2.14. The normalized spacial score (nSPS) is 26.9. The fraction of sp³-hybridized carbons (Fsp3) is 0.867. The Morgan fingerprint density at radius 2 is 2.12 bits per heavy atom. The van der Waals surface area contributed by atoms with Gasteiger partial charge in [0.2, 0.25) is 0 Å².